The van der Waals surface area contributed by atoms with Crippen LogP contribution in [0.2, 0.25) is 4.34 Å². The van der Waals surface area contributed by atoms with Gasteiger partial charge in [0.05, 0.1) is 28.1 Å². The van der Waals surface area contributed by atoms with Crippen LogP contribution in [-0.2, 0) is 17.9 Å². The minimum absolute atomic E-state index is 0.0364. The lowest BCUT2D eigenvalue weighted by Gasteiger charge is -2.17. The van der Waals surface area contributed by atoms with Crippen molar-refractivity contribution >= 4 is 39.7 Å². The molecule has 0 bridgehead atoms. The first-order valence-corrected chi connectivity index (χ1v) is 8.57. The topological polar surface area (TPSA) is 55.2 Å². The SMILES string of the molecule is Cc1ccc2ncn(CC(=O)N(C)Cc3ccc(Cl)s3)c(=O)c2c1. The first-order chi connectivity index (χ1) is 11.4. The van der Waals surface area contributed by atoms with Gasteiger partial charge in [-0.2, -0.15) is 0 Å². The molecule has 0 N–H and O–H groups in total. The van der Waals surface area contributed by atoms with Crippen LogP contribution < -0.4 is 5.56 Å². The molecule has 124 valence electrons. The fourth-order valence-electron chi connectivity index (χ4n) is 2.41. The Morgan fingerprint density at radius 3 is 2.83 bits per heavy atom. The van der Waals surface area contributed by atoms with Gasteiger partial charge in [0, 0.05) is 11.9 Å². The van der Waals surface area contributed by atoms with E-state index in [0.717, 1.165) is 10.4 Å². The Hall–Kier alpha value is -2.18. The van der Waals surface area contributed by atoms with Crippen LogP contribution in [0.15, 0.2) is 41.5 Å². The van der Waals surface area contributed by atoms with Gasteiger partial charge in [0.25, 0.3) is 5.56 Å². The molecule has 0 aliphatic carbocycles. The molecule has 3 rings (SSSR count). The summed E-state index contributed by atoms with van der Waals surface area (Å²) in [6, 6.07) is 9.21. The van der Waals surface area contributed by atoms with Crippen LogP contribution in [0.1, 0.15) is 10.4 Å². The van der Waals surface area contributed by atoms with Crippen molar-refractivity contribution in [2.24, 2.45) is 0 Å². The fraction of sp³-hybridized carbons (Fsp3) is 0.235. The lowest BCUT2D eigenvalue weighted by Crippen LogP contribution is -2.33. The zero-order valence-corrected chi connectivity index (χ0v) is 14.9. The van der Waals surface area contributed by atoms with E-state index in [0.29, 0.717) is 21.8 Å². The number of benzene rings is 1. The van der Waals surface area contributed by atoms with Crippen molar-refractivity contribution in [1.82, 2.24) is 14.5 Å². The number of carbonyl (C=O) groups is 1. The summed E-state index contributed by atoms with van der Waals surface area (Å²) in [6.07, 6.45) is 1.42. The second-order valence-electron chi connectivity index (χ2n) is 5.65. The van der Waals surface area contributed by atoms with Crippen molar-refractivity contribution in [2.45, 2.75) is 20.0 Å². The molecule has 0 aliphatic heterocycles. The molecule has 0 spiro atoms. The van der Waals surface area contributed by atoms with Gasteiger partial charge in [0.2, 0.25) is 5.91 Å². The number of likely N-dealkylation sites (N-methyl/N-ethyl adjacent to an activating group) is 1. The predicted molar refractivity (Wildman–Crippen MR) is 96.5 cm³/mol. The summed E-state index contributed by atoms with van der Waals surface area (Å²) in [5.41, 5.74) is 1.41. The summed E-state index contributed by atoms with van der Waals surface area (Å²) < 4.78 is 2.04. The number of aryl methyl sites for hydroxylation is 1. The lowest BCUT2D eigenvalue weighted by atomic mass is 10.2. The molecule has 1 aromatic carbocycles. The highest BCUT2D eigenvalue weighted by molar-refractivity contribution is 7.16. The minimum atomic E-state index is -0.204. The molecule has 2 aromatic heterocycles. The minimum Gasteiger partial charge on any atom is -0.339 e. The highest BCUT2D eigenvalue weighted by atomic mass is 35.5. The molecule has 0 unspecified atom stereocenters. The van der Waals surface area contributed by atoms with E-state index in [-0.39, 0.29) is 18.0 Å². The molecule has 3 aromatic rings. The Kier molecular flexibility index (Phi) is 4.69. The van der Waals surface area contributed by atoms with E-state index in [4.69, 9.17) is 11.6 Å². The van der Waals surface area contributed by atoms with E-state index in [1.165, 1.54) is 22.2 Å². The molecule has 5 nitrogen and oxygen atoms in total. The van der Waals surface area contributed by atoms with Crippen LogP contribution in [-0.4, -0.2) is 27.4 Å². The summed E-state index contributed by atoms with van der Waals surface area (Å²) in [7, 11) is 1.71. The molecule has 0 fully saturated rings. The lowest BCUT2D eigenvalue weighted by molar-refractivity contribution is -0.131. The average Bonchev–Trinajstić information content (AvgIpc) is 2.95. The maximum atomic E-state index is 12.5. The molecule has 0 atom stereocenters. The maximum Gasteiger partial charge on any atom is 0.261 e. The predicted octanol–water partition coefficient (Wildman–Crippen LogP) is 3.08. The smallest absolute Gasteiger partial charge is 0.261 e. The van der Waals surface area contributed by atoms with Gasteiger partial charge in [-0.25, -0.2) is 4.98 Å². The number of rotatable bonds is 4. The molecule has 0 radical (unpaired) electrons. The number of amides is 1. The fourth-order valence-corrected chi connectivity index (χ4v) is 3.55. The van der Waals surface area contributed by atoms with Gasteiger partial charge in [-0.05, 0) is 31.2 Å². The van der Waals surface area contributed by atoms with Gasteiger partial charge in [0.1, 0.15) is 6.54 Å². The largest absolute Gasteiger partial charge is 0.339 e. The highest BCUT2D eigenvalue weighted by Gasteiger charge is 2.13. The Balaban J connectivity index is 1.80. The average molecular weight is 362 g/mol. The van der Waals surface area contributed by atoms with Gasteiger partial charge >= 0.3 is 0 Å². The number of aromatic nitrogens is 2. The van der Waals surface area contributed by atoms with Crippen LogP contribution in [0, 0.1) is 6.92 Å². The van der Waals surface area contributed by atoms with Crippen LogP contribution in [0.4, 0.5) is 0 Å². The van der Waals surface area contributed by atoms with E-state index in [1.807, 2.05) is 25.1 Å². The molecule has 24 heavy (non-hydrogen) atoms. The zero-order valence-electron chi connectivity index (χ0n) is 13.3. The number of halogens is 1. The van der Waals surface area contributed by atoms with Gasteiger partial charge in [-0.1, -0.05) is 23.2 Å². The van der Waals surface area contributed by atoms with Crippen molar-refractivity contribution in [1.29, 1.82) is 0 Å². The van der Waals surface area contributed by atoms with Gasteiger partial charge in [0.15, 0.2) is 0 Å². The van der Waals surface area contributed by atoms with Gasteiger partial charge in [-0.15, -0.1) is 11.3 Å². The number of carbonyl (C=O) groups excluding carboxylic acids is 1. The summed E-state index contributed by atoms with van der Waals surface area (Å²) >= 11 is 7.34. The van der Waals surface area contributed by atoms with Crippen LogP contribution in [0.25, 0.3) is 10.9 Å². The number of nitrogens with zero attached hydrogens (tertiary/aromatic N) is 3. The molecule has 0 aliphatic rings. The monoisotopic (exact) mass is 361 g/mol. The number of hydrogen-bond acceptors (Lipinski definition) is 4. The number of hydrogen-bond donors (Lipinski definition) is 0. The molecular formula is C17H16ClN3O2S. The second-order valence-corrected chi connectivity index (χ2v) is 7.45. The second kappa shape index (κ2) is 6.75. The van der Waals surface area contributed by atoms with E-state index in [2.05, 4.69) is 4.98 Å². The van der Waals surface area contributed by atoms with E-state index in [9.17, 15) is 9.59 Å². The van der Waals surface area contributed by atoms with Gasteiger partial charge < -0.3 is 4.90 Å². The van der Waals surface area contributed by atoms with Gasteiger partial charge in [-0.3, -0.25) is 14.2 Å². The van der Waals surface area contributed by atoms with Crippen molar-refractivity contribution in [2.75, 3.05) is 7.05 Å². The van der Waals surface area contributed by atoms with Crippen LogP contribution in [0.3, 0.4) is 0 Å². The quantitative estimate of drug-likeness (QED) is 0.717. The number of thiophene rings is 1. The van der Waals surface area contributed by atoms with E-state index >= 15 is 0 Å². The molecule has 7 heteroatoms. The summed E-state index contributed by atoms with van der Waals surface area (Å²) in [5, 5.41) is 0.526. The van der Waals surface area contributed by atoms with Crippen molar-refractivity contribution in [3.8, 4) is 0 Å². The first-order valence-electron chi connectivity index (χ1n) is 7.38. The standard InChI is InChI=1S/C17H16ClN3O2S/c1-11-3-5-14-13(7-11)17(23)21(10-19-14)9-16(22)20(2)8-12-4-6-15(18)24-12/h3-7,10H,8-9H2,1-2H3. The Bertz CT molecular complexity index is 964. The highest BCUT2D eigenvalue weighted by Crippen LogP contribution is 2.22. The zero-order chi connectivity index (χ0) is 17.3. The number of fused-ring (bicyclic) bond motifs is 1. The third-order valence-corrected chi connectivity index (χ3v) is 4.95. The van der Waals surface area contributed by atoms with Crippen molar-refractivity contribution in [3.05, 3.63) is 61.8 Å². The maximum absolute atomic E-state index is 12.5. The Morgan fingerprint density at radius 1 is 1.33 bits per heavy atom. The van der Waals surface area contributed by atoms with Crippen molar-refractivity contribution in [3.63, 3.8) is 0 Å². The Morgan fingerprint density at radius 2 is 2.12 bits per heavy atom. The molecular weight excluding hydrogens is 346 g/mol. The van der Waals surface area contributed by atoms with Crippen LogP contribution >= 0.6 is 22.9 Å². The normalized spacial score (nSPS) is 11.0. The molecule has 2 heterocycles. The third-order valence-electron chi connectivity index (χ3n) is 3.73. The summed E-state index contributed by atoms with van der Waals surface area (Å²) in [5.74, 6) is -0.157. The first kappa shape index (κ1) is 16.7. The van der Waals surface area contributed by atoms with Crippen LogP contribution in [0.5, 0.6) is 0 Å². The molecule has 0 saturated heterocycles. The molecule has 0 saturated carbocycles. The van der Waals surface area contributed by atoms with Crippen molar-refractivity contribution < 1.29 is 4.79 Å². The third kappa shape index (κ3) is 3.49. The van der Waals surface area contributed by atoms with E-state index in [1.54, 1.807) is 24.1 Å². The molecule has 1 amide bonds. The summed E-state index contributed by atoms with van der Waals surface area (Å²) in [4.78, 5) is 31.8. The summed E-state index contributed by atoms with van der Waals surface area (Å²) in [6.45, 7) is 2.34. The Labute approximate surface area is 148 Å². The van der Waals surface area contributed by atoms with E-state index < -0.39 is 0 Å².